The average Bonchev–Trinajstić information content (AvgIpc) is 2.71. The maximum Gasteiger partial charge on any atom is 0.233 e. The third kappa shape index (κ3) is 8.04. The summed E-state index contributed by atoms with van der Waals surface area (Å²) in [4.78, 5) is 14.2. The molecule has 0 spiro atoms. The van der Waals surface area contributed by atoms with Gasteiger partial charge in [-0.15, -0.1) is 0 Å². The van der Waals surface area contributed by atoms with Crippen LogP contribution in [0.4, 0.5) is 0 Å². The van der Waals surface area contributed by atoms with E-state index in [4.69, 9.17) is 4.74 Å². The van der Waals surface area contributed by atoms with Gasteiger partial charge in [0.05, 0.1) is 6.61 Å². The van der Waals surface area contributed by atoms with Crippen LogP contribution < -0.4 is 4.72 Å². The third-order valence-corrected chi connectivity index (χ3v) is 5.12. The predicted octanol–water partition coefficient (Wildman–Crippen LogP) is 2.64. The van der Waals surface area contributed by atoms with Gasteiger partial charge in [-0.1, -0.05) is 60.7 Å². The summed E-state index contributed by atoms with van der Waals surface area (Å²) in [7, 11) is -2.02. The lowest BCUT2D eigenvalue weighted by Crippen LogP contribution is -2.36. The molecule has 1 amide bonds. The van der Waals surface area contributed by atoms with Gasteiger partial charge in [-0.25, -0.2) is 13.1 Å². The van der Waals surface area contributed by atoms with E-state index in [1.54, 1.807) is 12.0 Å². The first-order valence-electron chi connectivity index (χ1n) is 9.03. The van der Waals surface area contributed by atoms with Gasteiger partial charge in [0.25, 0.3) is 0 Å². The highest BCUT2D eigenvalue weighted by Crippen LogP contribution is 2.07. The van der Waals surface area contributed by atoms with Crippen LogP contribution in [-0.4, -0.2) is 46.0 Å². The first-order chi connectivity index (χ1) is 13.5. The molecule has 0 aliphatic carbocycles. The molecular formula is C21H26N2O4S. The predicted molar refractivity (Wildman–Crippen MR) is 111 cm³/mol. The molecule has 6 nitrogen and oxygen atoms in total. The lowest BCUT2D eigenvalue weighted by Gasteiger charge is -2.22. The molecule has 150 valence electrons. The Morgan fingerprint density at radius 1 is 1.07 bits per heavy atom. The van der Waals surface area contributed by atoms with Crippen molar-refractivity contribution >= 4 is 22.0 Å². The number of nitrogens with zero attached hydrogens (tertiary/aromatic N) is 1. The van der Waals surface area contributed by atoms with E-state index >= 15 is 0 Å². The second kappa shape index (κ2) is 11.4. The van der Waals surface area contributed by atoms with Crippen molar-refractivity contribution < 1.29 is 17.9 Å². The number of rotatable bonds is 11. The lowest BCUT2D eigenvalue weighted by atomic mass is 10.2. The summed E-state index contributed by atoms with van der Waals surface area (Å²) in [5.74, 6) is -0.129. The van der Waals surface area contributed by atoms with Gasteiger partial charge >= 0.3 is 0 Å². The monoisotopic (exact) mass is 402 g/mol. The van der Waals surface area contributed by atoms with Crippen molar-refractivity contribution in [1.82, 2.24) is 9.62 Å². The van der Waals surface area contributed by atoms with Crippen LogP contribution in [0.5, 0.6) is 0 Å². The van der Waals surface area contributed by atoms with Crippen molar-refractivity contribution in [3.8, 4) is 0 Å². The topological polar surface area (TPSA) is 75.7 Å². The standard InChI is InChI=1S/C21H26N2O4S/c1-27-16-15-23(18-20-10-6-3-7-11-20)21(24)12-14-22-28(25,26)17-13-19-8-4-2-5-9-19/h2-11,13,17,22H,12,14-16,18H2,1H3. The second-order valence-electron chi connectivity index (χ2n) is 6.20. The van der Waals surface area contributed by atoms with Crippen molar-refractivity contribution in [2.24, 2.45) is 0 Å². The number of ether oxygens (including phenoxy) is 1. The Morgan fingerprint density at radius 3 is 2.36 bits per heavy atom. The van der Waals surface area contributed by atoms with E-state index < -0.39 is 10.0 Å². The summed E-state index contributed by atoms with van der Waals surface area (Å²) < 4.78 is 31.7. The highest BCUT2D eigenvalue weighted by atomic mass is 32.2. The van der Waals surface area contributed by atoms with Gasteiger partial charge in [0.15, 0.2) is 0 Å². The summed E-state index contributed by atoms with van der Waals surface area (Å²) in [6.45, 7) is 1.37. The summed E-state index contributed by atoms with van der Waals surface area (Å²) in [5, 5.41) is 1.11. The molecule has 28 heavy (non-hydrogen) atoms. The van der Waals surface area contributed by atoms with E-state index in [0.29, 0.717) is 19.7 Å². The van der Waals surface area contributed by atoms with Crippen LogP contribution in [0.3, 0.4) is 0 Å². The van der Waals surface area contributed by atoms with Crippen molar-refractivity contribution in [2.45, 2.75) is 13.0 Å². The SMILES string of the molecule is COCCN(Cc1ccccc1)C(=O)CCNS(=O)(=O)C=Cc1ccccc1. The number of benzene rings is 2. The molecule has 0 saturated heterocycles. The number of hydrogen-bond acceptors (Lipinski definition) is 4. The zero-order valence-corrected chi connectivity index (χ0v) is 16.8. The molecule has 0 saturated carbocycles. The van der Waals surface area contributed by atoms with Crippen LogP contribution in [0.1, 0.15) is 17.5 Å². The molecule has 0 fully saturated rings. The van der Waals surface area contributed by atoms with Crippen molar-refractivity contribution in [3.63, 3.8) is 0 Å². The highest BCUT2D eigenvalue weighted by Gasteiger charge is 2.15. The van der Waals surface area contributed by atoms with Gasteiger partial charge in [0.2, 0.25) is 15.9 Å². The van der Waals surface area contributed by atoms with Crippen molar-refractivity contribution in [1.29, 1.82) is 0 Å². The molecule has 1 N–H and O–H groups in total. The normalized spacial score (nSPS) is 11.6. The molecule has 0 aliphatic rings. The minimum atomic E-state index is -3.60. The first-order valence-corrected chi connectivity index (χ1v) is 10.6. The van der Waals surface area contributed by atoms with Gasteiger partial charge < -0.3 is 9.64 Å². The van der Waals surface area contributed by atoms with Gasteiger partial charge in [0.1, 0.15) is 0 Å². The molecule has 0 bridgehead atoms. The molecule has 2 aromatic carbocycles. The van der Waals surface area contributed by atoms with E-state index in [1.807, 2.05) is 60.7 Å². The molecule has 0 radical (unpaired) electrons. The Kier molecular flexibility index (Phi) is 8.87. The Bertz CT molecular complexity index is 852. The Morgan fingerprint density at radius 2 is 1.71 bits per heavy atom. The number of hydrogen-bond donors (Lipinski definition) is 1. The minimum absolute atomic E-state index is 0.0402. The van der Waals surface area contributed by atoms with E-state index in [1.165, 1.54) is 6.08 Å². The maximum absolute atomic E-state index is 12.5. The van der Waals surface area contributed by atoms with Crippen LogP contribution in [0.15, 0.2) is 66.1 Å². The van der Waals surface area contributed by atoms with Gasteiger partial charge in [-0.3, -0.25) is 4.79 Å². The molecular weight excluding hydrogens is 376 g/mol. The molecule has 7 heteroatoms. The molecule has 0 aliphatic heterocycles. The Balaban J connectivity index is 1.87. The lowest BCUT2D eigenvalue weighted by molar-refractivity contribution is -0.132. The maximum atomic E-state index is 12.5. The van der Waals surface area contributed by atoms with Crippen molar-refractivity contribution in [3.05, 3.63) is 77.2 Å². The molecule has 0 atom stereocenters. The van der Waals surface area contributed by atoms with Crippen LogP contribution >= 0.6 is 0 Å². The number of methoxy groups -OCH3 is 1. The zero-order valence-electron chi connectivity index (χ0n) is 16.0. The fourth-order valence-corrected chi connectivity index (χ4v) is 3.36. The molecule has 0 unspecified atom stereocenters. The third-order valence-electron chi connectivity index (χ3n) is 4.02. The van der Waals surface area contributed by atoms with E-state index in [2.05, 4.69) is 4.72 Å². The van der Waals surface area contributed by atoms with Crippen LogP contribution in [0.25, 0.3) is 6.08 Å². The van der Waals surface area contributed by atoms with E-state index in [0.717, 1.165) is 16.5 Å². The van der Waals surface area contributed by atoms with E-state index in [9.17, 15) is 13.2 Å². The summed E-state index contributed by atoms with van der Waals surface area (Å²) in [6, 6.07) is 18.8. The summed E-state index contributed by atoms with van der Waals surface area (Å²) in [6.07, 6.45) is 1.60. The summed E-state index contributed by atoms with van der Waals surface area (Å²) in [5.41, 5.74) is 1.80. The summed E-state index contributed by atoms with van der Waals surface area (Å²) >= 11 is 0. The van der Waals surface area contributed by atoms with Gasteiger partial charge in [-0.2, -0.15) is 0 Å². The highest BCUT2D eigenvalue weighted by molar-refractivity contribution is 7.92. The van der Waals surface area contributed by atoms with E-state index in [-0.39, 0.29) is 18.9 Å². The average molecular weight is 403 g/mol. The fourth-order valence-electron chi connectivity index (χ4n) is 2.54. The molecule has 2 rings (SSSR count). The second-order valence-corrected chi connectivity index (χ2v) is 7.85. The molecule has 2 aromatic rings. The van der Waals surface area contributed by atoms with Crippen LogP contribution in [-0.2, 0) is 26.1 Å². The number of sulfonamides is 1. The minimum Gasteiger partial charge on any atom is -0.383 e. The fraction of sp³-hybridized carbons (Fsp3) is 0.286. The zero-order chi connectivity index (χ0) is 20.2. The van der Waals surface area contributed by atoms with Crippen LogP contribution in [0.2, 0.25) is 0 Å². The van der Waals surface area contributed by atoms with Crippen LogP contribution in [0, 0.1) is 0 Å². The molecule has 0 aromatic heterocycles. The Hall–Kier alpha value is -2.48. The molecule has 0 heterocycles. The number of carbonyl (C=O) groups is 1. The first kappa shape index (κ1) is 21.8. The Labute approximate surface area is 166 Å². The smallest absolute Gasteiger partial charge is 0.233 e. The van der Waals surface area contributed by atoms with Crippen molar-refractivity contribution in [2.75, 3.05) is 26.8 Å². The number of carbonyl (C=O) groups excluding carboxylic acids is 1. The quantitative estimate of drug-likeness (QED) is 0.627. The number of nitrogens with one attached hydrogen (secondary N) is 1. The number of amides is 1. The largest absolute Gasteiger partial charge is 0.383 e. The van der Waals surface area contributed by atoms with Gasteiger partial charge in [-0.05, 0) is 17.2 Å². The van der Waals surface area contributed by atoms with Gasteiger partial charge in [0, 0.05) is 38.6 Å².